The number of carbonyl (C=O) groups is 3. The Kier molecular flexibility index (Phi) is 16.2. The second-order valence-corrected chi connectivity index (χ2v) is 12.5. The van der Waals surface area contributed by atoms with Crippen molar-refractivity contribution >= 4 is 17.9 Å². The zero-order valence-electron chi connectivity index (χ0n) is 29.1. The number of carbonyl (C=O) groups excluding carboxylic acids is 3. The van der Waals surface area contributed by atoms with Crippen LogP contribution in [0.5, 0.6) is 17.2 Å². The summed E-state index contributed by atoms with van der Waals surface area (Å²) in [5.74, 6) is 1.01. The van der Waals surface area contributed by atoms with E-state index in [1.807, 2.05) is 36.4 Å². The SMILES string of the molecule is C=CC(=O)OCCCCCCCCOc1ccc(-c2ccc(OC(=O)c3ccc(OCCCCCCCC4CC(=C)C(=O)O4)cc3)cc2)cc1. The van der Waals surface area contributed by atoms with E-state index in [2.05, 4.69) is 13.2 Å². The first-order chi connectivity index (χ1) is 24.4. The van der Waals surface area contributed by atoms with Gasteiger partial charge in [-0.15, -0.1) is 0 Å². The fraction of sp³-hybridized carbons (Fsp3) is 0.405. The number of benzene rings is 3. The maximum Gasteiger partial charge on any atom is 0.343 e. The van der Waals surface area contributed by atoms with Gasteiger partial charge in [0.2, 0.25) is 0 Å². The number of hydrogen-bond acceptors (Lipinski definition) is 8. The van der Waals surface area contributed by atoms with Crippen LogP contribution in [0.2, 0.25) is 0 Å². The molecule has 0 bridgehead atoms. The zero-order chi connectivity index (χ0) is 35.4. The van der Waals surface area contributed by atoms with Crippen molar-refractivity contribution in [3.05, 3.63) is 103 Å². The molecule has 1 aliphatic rings. The lowest BCUT2D eigenvalue weighted by atomic mass is 10.1. The van der Waals surface area contributed by atoms with E-state index in [0.717, 1.165) is 99.7 Å². The summed E-state index contributed by atoms with van der Waals surface area (Å²) >= 11 is 0. The molecule has 8 heteroatoms. The molecule has 1 saturated heterocycles. The van der Waals surface area contributed by atoms with Crippen molar-refractivity contribution in [3.63, 3.8) is 0 Å². The Hall–Kier alpha value is -4.85. The first-order valence-electron chi connectivity index (χ1n) is 17.9. The highest BCUT2D eigenvalue weighted by Gasteiger charge is 2.26. The average molecular weight is 683 g/mol. The Morgan fingerprint density at radius 1 is 0.660 bits per heavy atom. The van der Waals surface area contributed by atoms with Crippen molar-refractivity contribution in [3.8, 4) is 28.4 Å². The number of cyclic esters (lactones) is 1. The molecule has 0 saturated carbocycles. The number of esters is 3. The molecule has 50 heavy (non-hydrogen) atoms. The number of ether oxygens (including phenoxy) is 5. The van der Waals surface area contributed by atoms with Crippen LogP contribution in [-0.4, -0.2) is 43.8 Å². The summed E-state index contributed by atoms with van der Waals surface area (Å²) in [7, 11) is 0. The monoisotopic (exact) mass is 682 g/mol. The van der Waals surface area contributed by atoms with E-state index in [0.29, 0.717) is 43.1 Å². The average Bonchev–Trinajstić information content (AvgIpc) is 3.46. The second-order valence-electron chi connectivity index (χ2n) is 12.5. The molecule has 1 heterocycles. The molecule has 3 aromatic rings. The topological polar surface area (TPSA) is 97.4 Å². The van der Waals surface area contributed by atoms with Gasteiger partial charge in [-0.2, -0.15) is 0 Å². The molecule has 0 aliphatic carbocycles. The molecule has 1 aliphatic heterocycles. The van der Waals surface area contributed by atoms with Crippen molar-refractivity contribution in [2.24, 2.45) is 0 Å². The number of unbranched alkanes of at least 4 members (excludes halogenated alkanes) is 9. The number of rotatable bonds is 23. The summed E-state index contributed by atoms with van der Waals surface area (Å²) in [6.07, 6.45) is 14.3. The molecule has 0 aromatic heterocycles. The lowest BCUT2D eigenvalue weighted by molar-refractivity contribution is -0.139. The van der Waals surface area contributed by atoms with Crippen LogP contribution in [0.3, 0.4) is 0 Å². The summed E-state index contributed by atoms with van der Waals surface area (Å²) in [5, 5.41) is 0. The van der Waals surface area contributed by atoms with Crippen LogP contribution in [0, 0.1) is 0 Å². The van der Waals surface area contributed by atoms with E-state index in [1.54, 1.807) is 36.4 Å². The first kappa shape index (κ1) is 38.0. The smallest absolute Gasteiger partial charge is 0.343 e. The van der Waals surface area contributed by atoms with Crippen LogP contribution in [-0.2, 0) is 19.1 Å². The first-order valence-corrected chi connectivity index (χ1v) is 17.9. The highest BCUT2D eigenvalue weighted by molar-refractivity contribution is 5.91. The van der Waals surface area contributed by atoms with E-state index in [-0.39, 0.29) is 18.0 Å². The summed E-state index contributed by atoms with van der Waals surface area (Å²) in [4.78, 5) is 35.1. The minimum absolute atomic E-state index is 0.00847. The highest BCUT2D eigenvalue weighted by atomic mass is 16.6. The third-order valence-electron chi connectivity index (χ3n) is 8.54. The Balaban J connectivity index is 1.06. The Morgan fingerprint density at radius 2 is 1.14 bits per heavy atom. The Labute approximate surface area is 296 Å². The molecule has 266 valence electrons. The molecule has 0 N–H and O–H groups in total. The largest absolute Gasteiger partial charge is 0.494 e. The summed E-state index contributed by atoms with van der Waals surface area (Å²) in [6.45, 7) is 8.87. The van der Waals surface area contributed by atoms with Gasteiger partial charge in [-0.05, 0) is 91.8 Å². The van der Waals surface area contributed by atoms with Gasteiger partial charge >= 0.3 is 17.9 Å². The van der Waals surface area contributed by atoms with Crippen molar-refractivity contribution in [2.75, 3.05) is 19.8 Å². The normalized spacial score (nSPS) is 13.8. The molecule has 4 rings (SSSR count). The molecule has 1 unspecified atom stereocenters. The van der Waals surface area contributed by atoms with Crippen molar-refractivity contribution in [1.82, 2.24) is 0 Å². The van der Waals surface area contributed by atoms with E-state index >= 15 is 0 Å². The summed E-state index contributed by atoms with van der Waals surface area (Å²) < 4.78 is 27.6. The van der Waals surface area contributed by atoms with Crippen molar-refractivity contribution in [1.29, 1.82) is 0 Å². The van der Waals surface area contributed by atoms with Gasteiger partial charge < -0.3 is 23.7 Å². The van der Waals surface area contributed by atoms with E-state index in [4.69, 9.17) is 23.7 Å². The maximum absolute atomic E-state index is 12.7. The number of hydrogen-bond donors (Lipinski definition) is 0. The fourth-order valence-corrected chi connectivity index (χ4v) is 5.64. The van der Waals surface area contributed by atoms with Crippen LogP contribution < -0.4 is 14.2 Å². The van der Waals surface area contributed by atoms with Crippen LogP contribution in [0.1, 0.15) is 93.8 Å². The molecular formula is C42H50O8. The van der Waals surface area contributed by atoms with Gasteiger partial charge in [0.15, 0.2) is 0 Å². The quantitative estimate of drug-likeness (QED) is 0.0422. The lowest BCUT2D eigenvalue weighted by Crippen LogP contribution is -2.08. The zero-order valence-corrected chi connectivity index (χ0v) is 29.1. The van der Waals surface area contributed by atoms with Gasteiger partial charge in [0.25, 0.3) is 0 Å². The maximum atomic E-state index is 12.7. The molecule has 0 amide bonds. The minimum Gasteiger partial charge on any atom is -0.494 e. The Morgan fingerprint density at radius 3 is 1.66 bits per heavy atom. The van der Waals surface area contributed by atoms with Crippen LogP contribution in [0.15, 0.2) is 97.6 Å². The van der Waals surface area contributed by atoms with Gasteiger partial charge in [-0.1, -0.05) is 82.4 Å². The van der Waals surface area contributed by atoms with E-state index in [9.17, 15) is 14.4 Å². The third-order valence-corrected chi connectivity index (χ3v) is 8.54. The van der Waals surface area contributed by atoms with Gasteiger partial charge in [0.05, 0.1) is 25.4 Å². The van der Waals surface area contributed by atoms with Crippen molar-refractivity contribution < 1.29 is 38.1 Å². The third kappa shape index (κ3) is 13.6. The molecule has 0 radical (unpaired) electrons. The molecule has 8 nitrogen and oxygen atoms in total. The van der Waals surface area contributed by atoms with Crippen LogP contribution >= 0.6 is 0 Å². The fourth-order valence-electron chi connectivity index (χ4n) is 5.64. The molecule has 0 spiro atoms. The highest BCUT2D eigenvalue weighted by Crippen LogP contribution is 2.26. The van der Waals surface area contributed by atoms with E-state index < -0.39 is 5.97 Å². The summed E-state index contributed by atoms with van der Waals surface area (Å²) in [5.41, 5.74) is 3.10. The van der Waals surface area contributed by atoms with Gasteiger partial charge in [0, 0.05) is 18.1 Å². The lowest BCUT2D eigenvalue weighted by Gasteiger charge is -2.09. The molecule has 3 aromatic carbocycles. The van der Waals surface area contributed by atoms with E-state index in [1.165, 1.54) is 6.08 Å². The standard InChI is InChI=1S/C42H50O8/c1-3-40(43)48-30-14-9-5-4-8-12-28-46-36-22-16-33(17-23-36)34-18-26-38(27-19-34)49-42(45)35-20-24-37(25-21-35)47-29-13-10-6-7-11-15-39-31-32(2)41(44)50-39/h3,16-27,39H,1-2,4-15,28-31H2. The van der Waals surface area contributed by atoms with Gasteiger partial charge in [0.1, 0.15) is 23.4 Å². The second kappa shape index (κ2) is 21.3. The van der Waals surface area contributed by atoms with Crippen LogP contribution in [0.25, 0.3) is 11.1 Å². The van der Waals surface area contributed by atoms with Crippen molar-refractivity contribution in [2.45, 2.75) is 89.6 Å². The summed E-state index contributed by atoms with van der Waals surface area (Å²) in [6, 6.07) is 22.5. The molecule has 1 fully saturated rings. The van der Waals surface area contributed by atoms with Gasteiger partial charge in [-0.3, -0.25) is 0 Å². The minimum atomic E-state index is -0.422. The van der Waals surface area contributed by atoms with Crippen LogP contribution in [0.4, 0.5) is 0 Å². The Bertz CT molecular complexity index is 1490. The molecule has 1 atom stereocenters. The molecular weight excluding hydrogens is 632 g/mol. The predicted octanol–water partition coefficient (Wildman–Crippen LogP) is 9.61. The van der Waals surface area contributed by atoms with Gasteiger partial charge in [-0.25, -0.2) is 14.4 Å². The predicted molar refractivity (Wildman–Crippen MR) is 194 cm³/mol.